The van der Waals surface area contributed by atoms with Crippen molar-refractivity contribution < 1.29 is 9.13 Å². The number of methoxy groups -OCH3 is 1. The van der Waals surface area contributed by atoms with Crippen LogP contribution in [-0.2, 0) is 6.42 Å². The van der Waals surface area contributed by atoms with E-state index in [1.54, 1.807) is 12.1 Å². The molecule has 1 heterocycles. The van der Waals surface area contributed by atoms with Crippen molar-refractivity contribution >= 4 is 16.6 Å². The first-order chi connectivity index (χ1) is 8.52. The molecule has 0 unspecified atom stereocenters. The number of fused-ring (bicyclic) bond motifs is 1. The number of nitrogens with zero attached hydrogens (tertiary/aromatic N) is 1. The van der Waals surface area contributed by atoms with E-state index in [-0.39, 0.29) is 11.3 Å². The smallest absolute Gasteiger partial charge is 0.149 e. The number of benzene rings is 1. The van der Waals surface area contributed by atoms with Crippen molar-refractivity contribution in [1.29, 1.82) is 0 Å². The Balaban J connectivity index is 2.68. The van der Waals surface area contributed by atoms with Crippen LogP contribution >= 0.6 is 0 Å². The molecule has 96 valence electrons. The molecular weight excluding hydrogens is 231 g/mol. The summed E-state index contributed by atoms with van der Waals surface area (Å²) < 4.78 is 19.0. The highest BCUT2D eigenvalue weighted by molar-refractivity contribution is 5.96. The summed E-state index contributed by atoms with van der Waals surface area (Å²) >= 11 is 0. The summed E-state index contributed by atoms with van der Waals surface area (Å²) in [7, 11) is 1.54. The van der Waals surface area contributed by atoms with Gasteiger partial charge in [0.2, 0.25) is 0 Å². The van der Waals surface area contributed by atoms with E-state index in [1.165, 1.54) is 13.2 Å². The van der Waals surface area contributed by atoms with Gasteiger partial charge >= 0.3 is 0 Å². The topological polar surface area (TPSA) is 48.1 Å². The highest BCUT2D eigenvalue weighted by Crippen LogP contribution is 2.32. The highest BCUT2D eigenvalue weighted by atomic mass is 19.1. The van der Waals surface area contributed by atoms with Gasteiger partial charge in [-0.15, -0.1) is 0 Å². The SMILES string of the molecule is COc1ccc(F)c2nc(CC(C)C)cc(N)c12. The number of ether oxygens (including phenoxy) is 1. The number of anilines is 1. The van der Waals surface area contributed by atoms with Crippen molar-refractivity contribution in [3.05, 3.63) is 29.7 Å². The van der Waals surface area contributed by atoms with Crippen LogP contribution in [0, 0.1) is 11.7 Å². The molecule has 2 N–H and O–H groups in total. The lowest BCUT2D eigenvalue weighted by Gasteiger charge is -2.11. The fraction of sp³-hybridized carbons (Fsp3) is 0.357. The van der Waals surface area contributed by atoms with E-state index in [1.807, 2.05) is 0 Å². The molecule has 0 aliphatic heterocycles. The predicted molar refractivity (Wildman–Crippen MR) is 71.2 cm³/mol. The van der Waals surface area contributed by atoms with Crippen LogP contribution in [0.5, 0.6) is 5.75 Å². The monoisotopic (exact) mass is 248 g/mol. The van der Waals surface area contributed by atoms with Gasteiger partial charge in [-0.1, -0.05) is 13.8 Å². The maximum atomic E-state index is 13.8. The van der Waals surface area contributed by atoms with Gasteiger partial charge in [0.15, 0.2) is 0 Å². The number of hydrogen-bond acceptors (Lipinski definition) is 3. The van der Waals surface area contributed by atoms with E-state index in [2.05, 4.69) is 18.8 Å². The Labute approximate surface area is 106 Å². The van der Waals surface area contributed by atoms with Gasteiger partial charge in [0.1, 0.15) is 17.1 Å². The molecular formula is C14H17FN2O. The van der Waals surface area contributed by atoms with Gasteiger partial charge in [0.25, 0.3) is 0 Å². The van der Waals surface area contributed by atoms with Gasteiger partial charge in [-0.25, -0.2) is 9.37 Å². The molecule has 0 fully saturated rings. The Kier molecular flexibility index (Phi) is 3.36. The van der Waals surface area contributed by atoms with Crippen molar-refractivity contribution in [3.8, 4) is 5.75 Å². The van der Waals surface area contributed by atoms with Crippen LogP contribution in [0.1, 0.15) is 19.5 Å². The number of hydrogen-bond donors (Lipinski definition) is 1. The molecule has 0 aliphatic carbocycles. The van der Waals surface area contributed by atoms with Crippen molar-refractivity contribution in [2.75, 3.05) is 12.8 Å². The van der Waals surface area contributed by atoms with E-state index in [9.17, 15) is 4.39 Å². The Morgan fingerprint density at radius 1 is 1.39 bits per heavy atom. The van der Waals surface area contributed by atoms with Crippen LogP contribution in [0.3, 0.4) is 0 Å². The zero-order valence-electron chi connectivity index (χ0n) is 10.8. The van der Waals surface area contributed by atoms with Crippen LogP contribution < -0.4 is 10.5 Å². The van der Waals surface area contributed by atoms with E-state index < -0.39 is 0 Å². The van der Waals surface area contributed by atoms with Gasteiger partial charge in [0, 0.05) is 11.4 Å². The molecule has 2 aromatic rings. The van der Waals surface area contributed by atoms with Crippen LogP contribution in [0.2, 0.25) is 0 Å². The molecule has 0 aliphatic rings. The number of nitrogens with two attached hydrogens (primary N) is 1. The van der Waals surface area contributed by atoms with Crippen molar-refractivity contribution in [2.24, 2.45) is 5.92 Å². The van der Waals surface area contributed by atoms with E-state index in [0.717, 1.165) is 12.1 Å². The van der Waals surface area contributed by atoms with Crippen LogP contribution in [0.15, 0.2) is 18.2 Å². The number of pyridine rings is 1. The van der Waals surface area contributed by atoms with Gasteiger partial charge in [-0.2, -0.15) is 0 Å². The average Bonchev–Trinajstić information content (AvgIpc) is 2.29. The first-order valence-corrected chi connectivity index (χ1v) is 5.94. The molecule has 0 saturated carbocycles. The van der Waals surface area contributed by atoms with Crippen molar-refractivity contribution in [2.45, 2.75) is 20.3 Å². The average molecular weight is 248 g/mol. The molecule has 1 aromatic heterocycles. The fourth-order valence-electron chi connectivity index (χ4n) is 2.06. The minimum atomic E-state index is -0.372. The standard InChI is InChI=1S/C14H17FN2O/c1-8(2)6-9-7-11(16)13-12(18-3)5-4-10(15)14(13)17-9/h4-5,7-8H,6H2,1-3H3,(H2,16,17). The third-order valence-electron chi connectivity index (χ3n) is 2.79. The van der Waals surface area contributed by atoms with Crippen molar-refractivity contribution in [1.82, 2.24) is 4.98 Å². The molecule has 18 heavy (non-hydrogen) atoms. The first kappa shape index (κ1) is 12.6. The summed E-state index contributed by atoms with van der Waals surface area (Å²) in [5, 5.41) is 0.546. The molecule has 0 saturated heterocycles. The molecule has 2 rings (SSSR count). The molecule has 0 atom stereocenters. The van der Waals surface area contributed by atoms with E-state index in [0.29, 0.717) is 22.7 Å². The van der Waals surface area contributed by atoms with Crippen LogP contribution in [0.4, 0.5) is 10.1 Å². The first-order valence-electron chi connectivity index (χ1n) is 5.94. The van der Waals surface area contributed by atoms with E-state index >= 15 is 0 Å². The Bertz CT molecular complexity index is 582. The van der Waals surface area contributed by atoms with Gasteiger partial charge in [-0.3, -0.25) is 0 Å². The van der Waals surface area contributed by atoms with Crippen molar-refractivity contribution in [3.63, 3.8) is 0 Å². The normalized spacial score (nSPS) is 11.2. The zero-order valence-corrected chi connectivity index (χ0v) is 10.8. The summed E-state index contributed by atoms with van der Waals surface area (Å²) in [5.74, 6) is 0.624. The fourth-order valence-corrected chi connectivity index (χ4v) is 2.06. The second kappa shape index (κ2) is 4.80. The molecule has 1 aromatic carbocycles. The zero-order chi connectivity index (χ0) is 13.3. The summed E-state index contributed by atoms with van der Waals surface area (Å²) in [6.45, 7) is 4.17. The van der Waals surface area contributed by atoms with Crippen LogP contribution in [-0.4, -0.2) is 12.1 Å². The van der Waals surface area contributed by atoms with Gasteiger partial charge in [-0.05, 0) is 30.5 Å². The van der Waals surface area contributed by atoms with Gasteiger partial charge in [0.05, 0.1) is 12.5 Å². The maximum absolute atomic E-state index is 13.8. The minimum Gasteiger partial charge on any atom is -0.496 e. The Hall–Kier alpha value is -1.84. The number of rotatable bonds is 3. The minimum absolute atomic E-state index is 0.282. The summed E-state index contributed by atoms with van der Waals surface area (Å²) in [4.78, 5) is 4.35. The molecule has 0 bridgehead atoms. The summed E-state index contributed by atoms with van der Waals surface area (Å²) in [6.07, 6.45) is 0.775. The summed E-state index contributed by atoms with van der Waals surface area (Å²) in [6, 6.07) is 4.72. The number of halogens is 1. The lowest BCUT2D eigenvalue weighted by atomic mass is 10.0. The molecule has 4 heteroatoms. The third-order valence-corrected chi connectivity index (χ3v) is 2.79. The Morgan fingerprint density at radius 3 is 2.72 bits per heavy atom. The second-order valence-corrected chi connectivity index (χ2v) is 4.77. The maximum Gasteiger partial charge on any atom is 0.149 e. The molecule has 0 amide bonds. The largest absolute Gasteiger partial charge is 0.496 e. The third kappa shape index (κ3) is 2.23. The lowest BCUT2D eigenvalue weighted by Crippen LogP contribution is -2.02. The molecule has 0 radical (unpaired) electrons. The van der Waals surface area contributed by atoms with Gasteiger partial charge < -0.3 is 10.5 Å². The number of aromatic nitrogens is 1. The molecule has 3 nitrogen and oxygen atoms in total. The van der Waals surface area contributed by atoms with Crippen LogP contribution in [0.25, 0.3) is 10.9 Å². The molecule has 0 spiro atoms. The quantitative estimate of drug-likeness (QED) is 0.907. The van der Waals surface area contributed by atoms with E-state index in [4.69, 9.17) is 10.5 Å². The second-order valence-electron chi connectivity index (χ2n) is 4.77. The predicted octanol–water partition coefficient (Wildman–Crippen LogP) is 3.16. The lowest BCUT2D eigenvalue weighted by molar-refractivity contribution is 0.419. The number of nitrogen functional groups attached to an aromatic ring is 1. The Morgan fingerprint density at radius 2 is 2.11 bits per heavy atom. The highest BCUT2D eigenvalue weighted by Gasteiger charge is 2.13. The summed E-state index contributed by atoms with van der Waals surface area (Å²) in [5.41, 5.74) is 7.59.